The first-order valence-electron chi connectivity index (χ1n) is 4.81. The summed E-state index contributed by atoms with van der Waals surface area (Å²) < 4.78 is 4.81. The Morgan fingerprint density at radius 1 is 1.56 bits per heavy atom. The monoisotopic (exact) mass is 250 g/mol. The molecule has 4 N–H and O–H groups in total. The first-order chi connectivity index (χ1) is 7.56. The van der Waals surface area contributed by atoms with Crippen molar-refractivity contribution in [1.29, 1.82) is 0 Å². The molecular formula is C9H18N2O4S. The molecule has 0 spiro atoms. The Kier molecular flexibility index (Phi) is 7.96. The number of rotatable bonds is 8. The highest BCUT2D eigenvalue weighted by Gasteiger charge is 2.23. The summed E-state index contributed by atoms with van der Waals surface area (Å²) in [5, 5.41) is 11.3. The summed E-state index contributed by atoms with van der Waals surface area (Å²) in [7, 11) is 1.36. The van der Waals surface area contributed by atoms with E-state index in [2.05, 4.69) is 5.32 Å². The third-order valence-corrected chi connectivity index (χ3v) is 2.66. The van der Waals surface area contributed by atoms with Gasteiger partial charge >= 0.3 is 5.97 Å². The van der Waals surface area contributed by atoms with E-state index in [4.69, 9.17) is 15.6 Å². The van der Waals surface area contributed by atoms with Gasteiger partial charge in [0.2, 0.25) is 0 Å². The molecule has 0 saturated carbocycles. The third-order valence-electron chi connectivity index (χ3n) is 2.02. The Labute approximate surface area is 98.9 Å². The Morgan fingerprint density at radius 3 is 2.56 bits per heavy atom. The van der Waals surface area contributed by atoms with E-state index < -0.39 is 24.0 Å². The highest BCUT2D eigenvalue weighted by Crippen LogP contribution is 2.01. The van der Waals surface area contributed by atoms with Gasteiger partial charge in [-0.25, -0.2) is 4.79 Å². The van der Waals surface area contributed by atoms with Crippen molar-refractivity contribution in [3.8, 4) is 0 Å². The second-order valence-electron chi connectivity index (χ2n) is 3.14. The Morgan fingerprint density at radius 2 is 2.19 bits per heavy atom. The molecule has 0 fully saturated rings. The van der Waals surface area contributed by atoms with Crippen molar-refractivity contribution >= 4 is 23.6 Å². The van der Waals surface area contributed by atoms with Gasteiger partial charge in [0.05, 0.1) is 0 Å². The minimum atomic E-state index is -1.05. The standard InChI is InChI=1S/C9H18N2O4S/c1-15-7(5-10)8(12)11-6(9(13)14)3-4-16-2/h6-7H,3-5,10H2,1-2H3,(H,11,12)(H,13,14)/t6-,7?/m1/s1. The van der Waals surface area contributed by atoms with Crippen LogP contribution in [0.1, 0.15) is 6.42 Å². The fraction of sp³-hybridized carbons (Fsp3) is 0.778. The zero-order valence-corrected chi connectivity index (χ0v) is 10.3. The van der Waals surface area contributed by atoms with Gasteiger partial charge in [0.25, 0.3) is 5.91 Å². The molecule has 0 bridgehead atoms. The molecule has 0 aromatic rings. The first kappa shape index (κ1) is 15.2. The Hall–Kier alpha value is -0.790. The number of ether oxygens (including phenoxy) is 1. The summed E-state index contributed by atoms with van der Waals surface area (Å²) >= 11 is 1.52. The molecule has 0 aromatic heterocycles. The largest absolute Gasteiger partial charge is 0.480 e. The molecule has 0 saturated heterocycles. The van der Waals surface area contributed by atoms with Crippen molar-refractivity contribution in [3.63, 3.8) is 0 Å². The fourth-order valence-electron chi connectivity index (χ4n) is 1.07. The van der Waals surface area contributed by atoms with E-state index in [1.54, 1.807) is 0 Å². The van der Waals surface area contributed by atoms with Gasteiger partial charge in [-0.05, 0) is 18.4 Å². The van der Waals surface area contributed by atoms with E-state index in [0.717, 1.165) is 0 Å². The van der Waals surface area contributed by atoms with Gasteiger partial charge in [-0.15, -0.1) is 0 Å². The van der Waals surface area contributed by atoms with Crippen LogP contribution in [0.4, 0.5) is 0 Å². The Bertz CT molecular complexity index is 234. The van der Waals surface area contributed by atoms with Crippen LogP contribution < -0.4 is 11.1 Å². The number of thioether (sulfide) groups is 1. The molecule has 0 radical (unpaired) electrons. The average molecular weight is 250 g/mol. The summed E-state index contributed by atoms with van der Waals surface area (Å²) in [4.78, 5) is 22.3. The van der Waals surface area contributed by atoms with E-state index >= 15 is 0 Å². The number of amides is 1. The second kappa shape index (κ2) is 8.37. The highest BCUT2D eigenvalue weighted by molar-refractivity contribution is 7.98. The molecule has 0 rings (SSSR count). The van der Waals surface area contributed by atoms with Crippen molar-refractivity contribution in [3.05, 3.63) is 0 Å². The van der Waals surface area contributed by atoms with Crippen LogP contribution in [0, 0.1) is 0 Å². The zero-order chi connectivity index (χ0) is 12.6. The number of hydrogen-bond donors (Lipinski definition) is 3. The molecule has 1 amide bonds. The van der Waals surface area contributed by atoms with E-state index in [0.29, 0.717) is 12.2 Å². The number of aliphatic carboxylic acids is 1. The van der Waals surface area contributed by atoms with Crippen LogP contribution in [-0.4, -0.2) is 54.8 Å². The fourth-order valence-corrected chi connectivity index (χ4v) is 1.54. The van der Waals surface area contributed by atoms with Crippen molar-refractivity contribution in [2.24, 2.45) is 5.73 Å². The molecule has 1 unspecified atom stereocenters. The lowest BCUT2D eigenvalue weighted by Crippen LogP contribution is -2.48. The average Bonchev–Trinajstić information content (AvgIpc) is 2.25. The minimum absolute atomic E-state index is 0.0250. The lowest BCUT2D eigenvalue weighted by Gasteiger charge is -2.18. The number of carboxylic acids is 1. The minimum Gasteiger partial charge on any atom is -0.480 e. The van der Waals surface area contributed by atoms with Crippen molar-refractivity contribution in [1.82, 2.24) is 5.32 Å². The summed E-state index contributed by atoms with van der Waals surface area (Å²) in [6, 6.07) is -0.885. The number of nitrogens with two attached hydrogens (primary N) is 1. The molecule has 0 aliphatic heterocycles. The normalized spacial score (nSPS) is 14.2. The van der Waals surface area contributed by atoms with E-state index in [1.165, 1.54) is 18.9 Å². The number of hydrogen-bond acceptors (Lipinski definition) is 5. The van der Waals surface area contributed by atoms with E-state index in [-0.39, 0.29) is 6.54 Å². The zero-order valence-electron chi connectivity index (χ0n) is 9.43. The lowest BCUT2D eigenvalue weighted by atomic mass is 10.2. The number of carbonyl (C=O) groups is 2. The number of nitrogens with one attached hydrogen (secondary N) is 1. The molecule has 2 atom stereocenters. The number of carboxylic acid groups (broad SMARTS) is 1. The van der Waals surface area contributed by atoms with Crippen LogP contribution >= 0.6 is 11.8 Å². The van der Waals surface area contributed by atoms with E-state index in [1.807, 2.05) is 6.26 Å². The predicted octanol–water partition coefficient (Wildman–Crippen LogP) is -0.717. The van der Waals surface area contributed by atoms with Crippen LogP contribution in [-0.2, 0) is 14.3 Å². The quantitative estimate of drug-likeness (QED) is 0.525. The third kappa shape index (κ3) is 5.34. The number of methoxy groups -OCH3 is 1. The van der Waals surface area contributed by atoms with Crippen molar-refractivity contribution in [2.75, 3.05) is 25.7 Å². The highest BCUT2D eigenvalue weighted by atomic mass is 32.2. The van der Waals surface area contributed by atoms with Gasteiger partial charge in [-0.3, -0.25) is 4.79 Å². The van der Waals surface area contributed by atoms with Gasteiger partial charge in [0.15, 0.2) is 0 Å². The van der Waals surface area contributed by atoms with Crippen LogP contribution in [0.15, 0.2) is 0 Å². The van der Waals surface area contributed by atoms with Crippen molar-refractivity contribution < 1.29 is 19.4 Å². The topological polar surface area (TPSA) is 102 Å². The molecular weight excluding hydrogens is 232 g/mol. The molecule has 0 aliphatic rings. The maximum atomic E-state index is 11.5. The predicted molar refractivity (Wildman–Crippen MR) is 62.4 cm³/mol. The summed E-state index contributed by atoms with van der Waals surface area (Å²) in [5.41, 5.74) is 5.30. The van der Waals surface area contributed by atoms with Gasteiger partial charge in [0, 0.05) is 13.7 Å². The smallest absolute Gasteiger partial charge is 0.326 e. The van der Waals surface area contributed by atoms with Gasteiger partial charge < -0.3 is 20.9 Å². The molecule has 7 heteroatoms. The van der Waals surface area contributed by atoms with Crippen LogP contribution in [0.3, 0.4) is 0 Å². The van der Waals surface area contributed by atoms with Gasteiger partial charge in [-0.1, -0.05) is 0 Å². The van der Waals surface area contributed by atoms with Crippen LogP contribution in [0.25, 0.3) is 0 Å². The molecule has 16 heavy (non-hydrogen) atoms. The molecule has 0 aromatic carbocycles. The van der Waals surface area contributed by atoms with E-state index in [9.17, 15) is 9.59 Å². The summed E-state index contributed by atoms with van der Waals surface area (Å²) in [6.45, 7) is 0.0250. The molecule has 0 aliphatic carbocycles. The summed E-state index contributed by atoms with van der Waals surface area (Å²) in [5.74, 6) is -0.870. The van der Waals surface area contributed by atoms with Crippen LogP contribution in [0.2, 0.25) is 0 Å². The molecule has 6 nitrogen and oxygen atoms in total. The van der Waals surface area contributed by atoms with Gasteiger partial charge in [0.1, 0.15) is 12.1 Å². The maximum absolute atomic E-state index is 11.5. The lowest BCUT2D eigenvalue weighted by molar-refractivity contribution is -0.143. The first-order valence-corrected chi connectivity index (χ1v) is 6.21. The number of carbonyl (C=O) groups excluding carboxylic acids is 1. The van der Waals surface area contributed by atoms with Gasteiger partial charge in [-0.2, -0.15) is 11.8 Å². The van der Waals surface area contributed by atoms with Crippen LogP contribution in [0.5, 0.6) is 0 Å². The SMILES string of the molecule is COC(CN)C(=O)N[C@H](CCSC)C(=O)O. The second-order valence-corrected chi connectivity index (χ2v) is 4.13. The van der Waals surface area contributed by atoms with Crippen molar-refractivity contribution in [2.45, 2.75) is 18.6 Å². The maximum Gasteiger partial charge on any atom is 0.326 e. The molecule has 94 valence electrons. The summed E-state index contributed by atoms with van der Waals surface area (Å²) in [6.07, 6.45) is 1.46. The Balaban J connectivity index is 4.27. The molecule has 0 heterocycles.